The number of benzene rings is 1. The zero-order valence-electron chi connectivity index (χ0n) is 11.5. The Labute approximate surface area is 117 Å². The Kier molecular flexibility index (Phi) is 3.93. The zero-order chi connectivity index (χ0) is 14.8. The molecule has 8 heteroatoms. The van der Waals surface area contributed by atoms with Crippen LogP contribution < -0.4 is 9.46 Å². The molecule has 20 heavy (non-hydrogen) atoms. The Bertz CT molecular complexity index is 696. The highest BCUT2D eigenvalue weighted by atomic mass is 32.2. The molecule has 0 aliphatic heterocycles. The molecule has 0 aliphatic rings. The van der Waals surface area contributed by atoms with Gasteiger partial charge in [0.05, 0.1) is 11.5 Å². The summed E-state index contributed by atoms with van der Waals surface area (Å²) in [5, 5.41) is 6.05. The minimum atomic E-state index is -3.74. The summed E-state index contributed by atoms with van der Waals surface area (Å²) in [6.45, 7) is 5.93. The van der Waals surface area contributed by atoms with E-state index in [1.165, 1.54) is 12.4 Å². The van der Waals surface area contributed by atoms with E-state index in [-0.39, 0.29) is 10.8 Å². The maximum atomic E-state index is 12.3. The van der Waals surface area contributed by atoms with Crippen molar-refractivity contribution < 1.29 is 13.2 Å². The molecule has 0 aliphatic carbocycles. The van der Waals surface area contributed by atoms with Crippen LogP contribution in [-0.2, 0) is 10.0 Å². The van der Waals surface area contributed by atoms with Gasteiger partial charge in [-0.25, -0.2) is 18.2 Å². The number of nitrogens with zero attached hydrogens (tertiary/aromatic N) is 2. The molecule has 2 N–H and O–H groups in total. The van der Waals surface area contributed by atoms with E-state index in [4.69, 9.17) is 4.74 Å². The molecule has 2 aromatic rings. The predicted molar refractivity (Wildman–Crippen MR) is 74.3 cm³/mol. The summed E-state index contributed by atoms with van der Waals surface area (Å²) in [5.74, 6) is 0.624. The second kappa shape index (κ2) is 5.49. The standard InChI is InChI=1S/C12H16N4O3S/c1-4-19-10-6-11(9(3)5-8(10)2)20(17,18)16-12-13-7-14-15-12/h5-7H,4H2,1-3H3,(H2,13,14,15,16). The molecule has 1 aromatic heterocycles. The van der Waals surface area contributed by atoms with Crippen LogP contribution in [0.15, 0.2) is 23.4 Å². The second-order valence-electron chi connectivity index (χ2n) is 4.26. The number of hydrogen-bond acceptors (Lipinski definition) is 5. The summed E-state index contributed by atoms with van der Waals surface area (Å²) >= 11 is 0. The highest BCUT2D eigenvalue weighted by Gasteiger charge is 2.20. The Morgan fingerprint density at radius 2 is 2.05 bits per heavy atom. The first-order valence-corrected chi connectivity index (χ1v) is 7.54. The fourth-order valence-electron chi connectivity index (χ4n) is 1.85. The van der Waals surface area contributed by atoms with Gasteiger partial charge in [-0.2, -0.15) is 10.1 Å². The van der Waals surface area contributed by atoms with Crippen molar-refractivity contribution in [1.82, 2.24) is 15.2 Å². The van der Waals surface area contributed by atoms with Crippen molar-refractivity contribution in [3.8, 4) is 5.75 Å². The molecule has 2 rings (SSSR count). The molecule has 0 fully saturated rings. The van der Waals surface area contributed by atoms with Crippen LogP contribution in [0, 0.1) is 13.8 Å². The first-order valence-electron chi connectivity index (χ1n) is 6.06. The van der Waals surface area contributed by atoms with Crippen molar-refractivity contribution in [3.05, 3.63) is 29.6 Å². The molecule has 0 bridgehead atoms. The number of nitrogens with one attached hydrogen (secondary N) is 2. The van der Waals surface area contributed by atoms with E-state index < -0.39 is 10.0 Å². The van der Waals surface area contributed by atoms with Gasteiger partial charge in [0.2, 0.25) is 5.95 Å². The average Bonchev–Trinajstić information content (AvgIpc) is 2.84. The summed E-state index contributed by atoms with van der Waals surface area (Å²) in [4.78, 5) is 3.90. The largest absolute Gasteiger partial charge is 0.494 e. The predicted octanol–water partition coefficient (Wildman–Crippen LogP) is 1.62. The lowest BCUT2D eigenvalue weighted by atomic mass is 10.1. The number of aryl methyl sites for hydroxylation is 2. The summed E-state index contributed by atoms with van der Waals surface area (Å²) in [6.07, 6.45) is 1.23. The molecule has 7 nitrogen and oxygen atoms in total. The number of aromatic amines is 1. The third kappa shape index (κ3) is 2.90. The smallest absolute Gasteiger partial charge is 0.264 e. The third-order valence-electron chi connectivity index (χ3n) is 2.71. The van der Waals surface area contributed by atoms with Crippen LogP contribution in [0.4, 0.5) is 5.95 Å². The minimum Gasteiger partial charge on any atom is -0.494 e. The lowest BCUT2D eigenvalue weighted by molar-refractivity contribution is 0.337. The van der Waals surface area contributed by atoms with Gasteiger partial charge in [0.25, 0.3) is 10.0 Å². The summed E-state index contributed by atoms with van der Waals surface area (Å²) in [5.41, 5.74) is 1.53. The first kappa shape index (κ1) is 14.3. The van der Waals surface area contributed by atoms with Crippen LogP contribution in [0.2, 0.25) is 0 Å². The third-order valence-corrected chi connectivity index (χ3v) is 4.19. The number of rotatable bonds is 5. The number of aromatic nitrogens is 3. The number of ether oxygens (including phenoxy) is 1. The van der Waals surface area contributed by atoms with E-state index >= 15 is 0 Å². The quantitative estimate of drug-likeness (QED) is 0.874. The Hall–Kier alpha value is -2.09. The molecule has 108 valence electrons. The highest BCUT2D eigenvalue weighted by molar-refractivity contribution is 7.92. The Balaban J connectivity index is 2.43. The summed E-state index contributed by atoms with van der Waals surface area (Å²) in [7, 11) is -3.74. The Morgan fingerprint density at radius 3 is 2.65 bits per heavy atom. The van der Waals surface area contributed by atoms with Gasteiger partial charge in [0, 0.05) is 6.07 Å². The van der Waals surface area contributed by atoms with Gasteiger partial charge >= 0.3 is 0 Å². The monoisotopic (exact) mass is 296 g/mol. The average molecular weight is 296 g/mol. The molecule has 0 saturated carbocycles. The second-order valence-corrected chi connectivity index (χ2v) is 5.91. The topological polar surface area (TPSA) is 97.0 Å². The van der Waals surface area contributed by atoms with E-state index in [2.05, 4.69) is 19.9 Å². The van der Waals surface area contributed by atoms with Crippen LogP contribution in [0.1, 0.15) is 18.1 Å². The van der Waals surface area contributed by atoms with Crippen LogP contribution in [0.3, 0.4) is 0 Å². The van der Waals surface area contributed by atoms with Crippen molar-refractivity contribution in [1.29, 1.82) is 0 Å². The van der Waals surface area contributed by atoms with Gasteiger partial charge in [0.15, 0.2) is 0 Å². The van der Waals surface area contributed by atoms with E-state index in [0.717, 1.165) is 5.56 Å². The van der Waals surface area contributed by atoms with E-state index in [1.807, 2.05) is 13.8 Å². The summed E-state index contributed by atoms with van der Waals surface area (Å²) in [6, 6.07) is 3.30. The van der Waals surface area contributed by atoms with E-state index in [9.17, 15) is 8.42 Å². The van der Waals surface area contributed by atoms with Crippen molar-refractivity contribution in [2.45, 2.75) is 25.7 Å². The molecule has 0 amide bonds. The van der Waals surface area contributed by atoms with Crippen molar-refractivity contribution >= 4 is 16.0 Å². The number of hydrogen-bond donors (Lipinski definition) is 2. The maximum absolute atomic E-state index is 12.3. The lowest BCUT2D eigenvalue weighted by Crippen LogP contribution is -2.15. The Morgan fingerprint density at radius 1 is 1.30 bits per heavy atom. The number of sulfonamides is 1. The molecular weight excluding hydrogens is 280 g/mol. The molecular formula is C12H16N4O3S. The van der Waals surface area contributed by atoms with Crippen molar-refractivity contribution in [3.63, 3.8) is 0 Å². The lowest BCUT2D eigenvalue weighted by Gasteiger charge is -2.13. The van der Waals surface area contributed by atoms with Gasteiger partial charge in [-0.15, -0.1) is 0 Å². The van der Waals surface area contributed by atoms with Crippen molar-refractivity contribution in [2.24, 2.45) is 0 Å². The maximum Gasteiger partial charge on any atom is 0.264 e. The highest BCUT2D eigenvalue weighted by Crippen LogP contribution is 2.27. The molecule has 0 radical (unpaired) electrons. The molecule has 0 saturated heterocycles. The van der Waals surface area contributed by atoms with Gasteiger partial charge in [-0.1, -0.05) is 6.07 Å². The normalized spacial score (nSPS) is 11.3. The minimum absolute atomic E-state index is 0.0722. The van der Waals surface area contributed by atoms with Gasteiger partial charge in [-0.05, 0) is 31.9 Å². The fraction of sp³-hybridized carbons (Fsp3) is 0.333. The van der Waals surface area contributed by atoms with Gasteiger partial charge in [-0.3, -0.25) is 0 Å². The summed E-state index contributed by atoms with van der Waals surface area (Å²) < 4.78 is 32.4. The van der Waals surface area contributed by atoms with E-state index in [0.29, 0.717) is 17.9 Å². The first-order chi connectivity index (χ1) is 9.44. The van der Waals surface area contributed by atoms with Crippen molar-refractivity contribution in [2.75, 3.05) is 11.3 Å². The van der Waals surface area contributed by atoms with E-state index in [1.54, 1.807) is 13.0 Å². The molecule has 0 spiro atoms. The molecule has 0 atom stereocenters. The van der Waals surface area contributed by atoms with Crippen LogP contribution in [-0.4, -0.2) is 30.2 Å². The number of anilines is 1. The number of H-pyrrole nitrogens is 1. The van der Waals surface area contributed by atoms with Gasteiger partial charge < -0.3 is 4.74 Å². The van der Waals surface area contributed by atoms with Crippen LogP contribution >= 0.6 is 0 Å². The molecule has 1 aromatic carbocycles. The fourth-order valence-corrected chi connectivity index (χ4v) is 3.06. The zero-order valence-corrected chi connectivity index (χ0v) is 12.3. The SMILES string of the molecule is CCOc1cc(S(=O)(=O)Nc2ncn[nH]2)c(C)cc1C. The molecule has 0 unspecified atom stereocenters. The van der Waals surface area contributed by atoms with Crippen LogP contribution in [0.25, 0.3) is 0 Å². The van der Waals surface area contributed by atoms with Gasteiger partial charge in [0.1, 0.15) is 12.1 Å². The van der Waals surface area contributed by atoms with Crippen LogP contribution in [0.5, 0.6) is 5.75 Å². The molecule has 1 heterocycles.